The Labute approximate surface area is 97.0 Å². The summed E-state index contributed by atoms with van der Waals surface area (Å²) in [6, 6.07) is 0.345. The van der Waals surface area contributed by atoms with Gasteiger partial charge in [0.2, 0.25) is 5.91 Å². The normalized spacial score (nSPS) is 20.7. The van der Waals surface area contributed by atoms with Crippen LogP contribution in [0.5, 0.6) is 0 Å². The fourth-order valence-corrected chi connectivity index (χ4v) is 1.90. The van der Waals surface area contributed by atoms with E-state index < -0.39 is 0 Å². The Bertz CT molecular complexity index is 215. The number of likely N-dealkylation sites (tertiary alicyclic amines) is 1. The van der Waals surface area contributed by atoms with E-state index in [-0.39, 0.29) is 18.6 Å². The van der Waals surface area contributed by atoms with Crippen molar-refractivity contribution in [1.82, 2.24) is 10.2 Å². The Morgan fingerprint density at radius 2 is 2.19 bits per heavy atom. The third kappa shape index (κ3) is 4.92. The molecule has 1 saturated heterocycles. The lowest BCUT2D eigenvalue weighted by atomic mass is 10.1. The molecule has 0 radical (unpaired) electrons. The molecule has 0 aromatic rings. The number of nitrogens with two attached hydrogens (primary N) is 1. The smallest absolute Gasteiger partial charge is 0.234 e. The fraction of sp³-hybridized carbons (Fsp3) is 0.909. The minimum Gasteiger partial charge on any atom is -0.396 e. The molecular formula is C11H23N3O2. The summed E-state index contributed by atoms with van der Waals surface area (Å²) in [6.07, 6.45) is 2.55. The third-order valence-electron chi connectivity index (χ3n) is 2.97. The average molecular weight is 229 g/mol. The lowest BCUT2D eigenvalue weighted by Crippen LogP contribution is -2.46. The Morgan fingerprint density at radius 1 is 1.56 bits per heavy atom. The van der Waals surface area contributed by atoms with Crippen molar-refractivity contribution in [3.8, 4) is 0 Å². The van der Waals surface area contributed by atoms with Gasteiger partial charge in [0.15, 0.2) is 0 Å². The summed E-state index contributed by atoms with van der Waals surface area (Å²) in [4.78, 5) is 13.7. The standard InChI is InChI=1S/C11H23N3O2/c1-9(4-7-15)13-11(16)8-14-5-2-10(12)3-6-14/h9-10,15H,2-8,12H2,1H3,(H,13,16). The van der Waals surface area contributed by atoms with Crippen LogP contribution in [-0.4, -0.2) is 54.2 Å². The van der Waals surface area contributed by atoms with Crippen molar-refractivity contribution in [2.45, 2.75) is 38.3 Å². The van der Waals surface area contributed by atoms with Crippen LogP contribution in [0.15, 0.2) is 0 Å². The third-order valence-corrected chi connectivity index (χ3v) is 2.97. The van der Waals surface area contributed by atoms with Gasteiger partial charge in [-0.3, -0.25) is 9.69 Å². The van der Waals surface area contributed by atoms with Crippen molar-refractivity contribution in [2.75, 3.05) is 26.2 Å². The maximum Gasteiger partial charge on any atom is 0.234 e. The van der Waals surface area contributed by atoms with Gasteiger partial charge >= 0.3 is 0 Å². The molecule has 4 N–H and O–H groups in total. The molecule has 1 aliphatic heterocycles. The molecule has 0 saturated carbocycles. The maximum atomic E-state index is 11.6. The Balaban J connectivity index is 2.18. The summed E-state index contributed by atoms with van der Waals surface area (Å²) in [5, 5.41) is 11.6. The molecule has 1 aliphatic rings. The maximum absolute atomic E-state index is 11.6. The van der Waals surface area contributed by atoms with Crippen LogP contribution in [0.3, 0.4) is 0 Å². The molecule has 0 aromatic heterocycles. The molecule has 1 amide bonds. The number of piperidine rings is 1. The van der Waals surface area contributed by atoms with Crippen LogP contribution in [0.2, 0.25) is 0 Å². The lowest BCUT2D eigenvalue weighted by Gasteiger charge is -2.29. The van der Waals surface area contributed by atoms with Crippen LogP contribution in [-0.2, 0) is 4.79 Å². The number of rotatable bonds is 5. The van der Waals surface area contributed by atoms with Gasteiger partial charge < -0.3 is 16.2 Å². The summed E-state index contributed by atoms with van der Waals surface area (Å²) >= 11 is 0. The number of aliphatic hydroxyl groups is 1. The Morgan fingerprint density at radius 3 is 2.75 bits per heavy atom. The summed E-state index contributed by atoms with van der Waals surface area (Å²) in [5.41, 5.74) is 5.79. The molecule has 1 rings (SSSR count). The van der Waals surface area contributed by atoms with Crippen LogP contribution in [0, 0.1) is 0 Å². The van der Waals surface area contributed by atoms with E-state index in [2.05, 4.69) is 10.2 Å². The van der Waals surface area contributed by atoms with Crippen molar-refractivity contribution in [2.24, 2.45) is 5.73 Å². The number of hydrogen-bond donors (Lipinski definition) is 3. The zero-order valence-corrected chi connectivity index (χ0v) is 9.98. The van der Waals surface area contributed by atoms with E-state index >= 15 is 0 Å². The Hall–Kier alpha value is -0.650. The van der Waals surface area contributed by atoms with Gasteiger partial charge in [-0.2, -0.15) is 0 Å². The molecule has 0 bridgehead atoms. The largest absolute Gasteiger partial charge is 0.396 e. The van der Waals surface area contributed by atoms with Gasteiger partial charge in [-0.05, 0) is 26.2 Å². The van der Waals surface area contributed by atoms with Crippen molar-refractivity contribution >= 4 is 5.91 Å². The van der Waals surface area contributed by atoms with Crippen LogP contribution in [0.1, 0.15) is 26.2 Å². The predicted molar refractivity (Wildman–Crippen MR) is 63.0 cm³/mol. The number of hydrogen-bond acceptors (Lipinski definition) is 4. The summed E-state index contributed by atoms with van der Waals surface area (Å²) in [6.45, 7) is 4.27. The summed E-state index contributed by atoms with van der Waals surface area (Å²) in [5.74, 6) is 0.0384. The number of nitrogens with one attached hydrogen (secondary N) is 1. The van der Waals surface area contributed by atoms with E-state index in [4.69, 9.17) is 10.8 Å². The molecule has 5 nitrogen and oxygen atoms in total. The molecule has 1 heterocycles. The van der Waals surface area contributed by atoms with Crippen molar-refractivity contribution in [1.29, 1.82) is 0 Å². The van der Waals surface area contributed by atoms with Gasteiger partial charge in [0.1, 0.15) is 0 Å². The number of carbonyl (C=O) groups excluding carboxylic acids is 1. The minimum absolute atomic E-state index is 0.0384. The first-order valence-corrected chi connectivity index (χ1v) is 6.00. The number of aliphatic hydroxyl groups excluding tert-OH is 1. The molecule has 94 valence electrons. The van der Waals surface area contributed by atoms with Crippen LogP contribution < -0.4 is 11.1 Å². The first-order chi connectivity index (χ1) is 7.61. The second-order valence-corrected chi connectivity index (χ2v) is 4.59. The average Bonchev–Trinajstić information content (AvgIpc) is 2.21. The number of nitrogens with zero attached hydrogens (tertiary/aromatic N) is 1. The van der Waals surface area contributed by atoms with Crippen LogP contribution in [0.4, 0.5) is 0 Å². The van der Waals surface area contributed by atoms with Gasteiger partial charge in [0.05, 0.1) is 6.54 Å². The second kappa shape index (κ2) is 6.83. The zero-order chi connectivity index (χ0) is 12.0. The molecule has 0 spiro atoms. The second-order valence-electron chi connectivity index (χ2n) is 4.59. The van der Waals surface area contributed by atoms with E-state index in [1.165, 1.54) is 0 Å². The van der Waals surface area contributed by atoms with Crippen molar-refractivity contribution in [3.63, 3.8) is 0 Å². The summed E-state index contributed by atoms with van der Waals surface area (Å²) < 4.78 is 0. The van der Waals surface area contributed by atoms with Gasteiger partial charge in [-0.1, -0.05) is 0 Å². The molecule has 0 aliphatic carbocycles. The van der Waals surface area contributed by atoms with E-state index in [1.807, 2.05) is 6.92 Å². The number of carbonyl (C=O) groups is 1. The molecule has 16 heavy (non-hydrogen) atoms. The highest BCUT2D eigenvalue weighted by Crippen LogP contribution is 2.07. The van der Waals surface area contributed by atoms with E-state index in [0.717, 1.165) is 25.9 Å². The Kier molecular flexibility index (Phi) is 5.73. The highest BCUT2D eigenvalue weighted by molar-refractivity contribution is 5.78. The van der Waals surface area contributed by atoms with Crippen molar-refractivity contribution in [3.05, 3.63) is 0 Å². The van der Waals surface area contributed by atoms with Gasteiger partial charge in [-0.25, -0.2) is 0 Å². The topological polar surface area (TPSA) is 78.6 Å². The molecule has 1 atom stereocenters. The first kappa shape index (κ1) is 13.4. The molecular weight excluding hydrogens is 206 g/mol. The highest BCUT2D eigenvalue weighted by atomic mass is 16.3. The molecule has 1 unspecified atom stereocenters. The van der Waals surface area contributed by atoms with Crippen LogP contribution >= 0.6 is 0 Å². The fourth-order valence-electron chi connectivity index (χ4n) is 1.90. The van der Waals surface area contributed by atoms with Crippen molar-refractivity contribution < 1.29 is 9.90 Å². The first-order valence-electron chi connectivity index (χ1n) is 6.00. The highest BCUT2D eigenvalue weighted by Gasteiger charge is 2.18. The zero-order valence-electron chi connectivity index (χ0n) is 9.98. The lowest BCUT2D eigenvalue weighted by molar-refractivity contribution is -0.123. The SMILES string of the molecule is CC(CCO)NC(=O)CN1CCC(N)CC1. The van der Waals surface area contributed by atoms with Gasteiger partial charge in [0.25, 0.3) is 0 Å². The summed E-state index contributed by atoms with van der Waals surface area (Å²) in [7, 11) is 0. The monoisotopic (exact) mass is 229 g/mol. The van der Waals surface area contributed by atoms with E-state index in [1.54, 1.807) is 0 Å². The van der Waals surface area contributed by atoms with Gasteiger partial charge in [-0.15, -0.1) is 0 Å². The van der Waals surface area contributed by atoms with Crippen LogP contribution in [0.25, 0.3) is 0 Å². The predicted octanol–water partition coefficient (Wildman–Crippen LogP) is -0.703. The molecule has 1 fully saturated rings. The molecule has 5 heteroatoms. The van der Waals surface area contributed by atoms with E-state index in [0.29, 0.717) is 19.0 Å². The minimum atomic E-state index is 0.0384. The van der Waals surface area contributed by atoms with E-state index in [9.17, 15) is 4.79 Å². The van der Waals surface area contributed by atoms with Gasteiger partial charge in [0, 0.05) is 31.8 Å². The molecule has 0 aromatic carbocycles. The number of amides is 1. The quantitative estimate of drug-likeness (QED) is 0.582.